The molecule has 0 aliphatic heterocycles. The van der Waals surface area contributed by atoms with Crippen LogP contribution < -0.4 is 5.32 Å². The minimum Gasteiger partial charge on any atom is -0.320 e. The predicted octanol–water partition coefficient (Wildman–Crippen LogP) is 4.42. The van der Waals surface area contributed by atoms with Gasteiger partial charge in [-0.1, -0.05) is 24.6 Å². The summed E-state index contributed by atoms with van der Waals surface area (Å²) in [6.07, 6.45) is 2.58. The van der Waals surface area contributed by atoms with Crippen LogP contribution in [-0.2, 0) is 6.42 Å². The molecule has 3 rings (SSSR count). The molecular formula is C18H18ClN3O. The molecule has 0 atom stereocenters. The van der Waals surface area contributed by atoms with Crippen molar-refractivity contribution in [1.29, 1.82) is 0 Å². The molecule has 0 aliphatic rings. The lowest BCUT2D eigenvalue weighted by Gasteiger charge is -2.10. The summed E-state index contributed by atoms with van der Waals surface area (Å²) in [7, 11) is 0. The van der Waals surface area contributed by atoms with E-state index in [0.29, 0.717) is 22.8 Å². The molecule has 0 saturated heterocycles. The molecule has 0 unspecified atom stereocenters. The van der Waals surface area contributed by atoms with Crippen LogP contribution in [0.5, 0.6) is 0 Å². The number of anilines is 1. The molecular weight excluding hydrogens is 310 g/mol. The fourth-order valence-electron chi connectivity index (χ4n) is 2.61. The van der Waals surface area contributed by atoms with E-state index in [-0.39, 0.29) is 5.91 Å². The maximum absolute atomic E-state index is 12.8. The van der Waals surface area contributed by atoms with Gasteiger partial charge in [0.25, 0.3) is 5.91 Å². The molecule has 2 heterocycles. The average molecular weight is 328 g/mol. The summed E-state index contributed by atoms with van der Waals surface area (Å²) in [6.45, 7) is 5.89. The number of hydrogen-bond acceptors (Lipinski definition) is 2. The molecule has 118 valence electrons. The van der Waals surface area contributed by atoms with Crippen LogP contribution in [0, 0.1) is 13.8 Å². The van der Waals surface area contributed by atoms with E-state index in [1.165, 1.54) is 0 Å². The number of fused-ring (bicyclic) bond motifs is 1. The third kappa shape index (κ3) is 2.82. The first-order valence-electron chi connectivity index (χ1n) is 7.55. The molecule has 0 spiro atoms. The minimum atomic E-state index is -0.177. The van der Waals surface area contributed by atoms with Gasteiger partial charge < -0.3 is 5.32 Å². The maximum atomic E-state index is 12.8. The number of nitrogens with one attached hydrogen (secondary N) is 1. The lowest BCUT2D eigenvalue weighted by atomic mass is 10.2. The third-order valence-electron chi connectivity index (χ3n) is 3.92. The van der Waals surface area contributed by atoms with E-state index in [2.05, 4.69) is 10.3 Å². The summed E-state index contributed by atoms with van der Waals surface area (Å²) in [6, 6.07) is 9.42. The quantitative estimate of drug-likeness (QED) is 0.774. The highest BCUT2D eigenvalue weighted by Gasteiger charge is 2.19. The Balaban J connectivity index is 2.05. The van der Waals surface area contributed by atoms with Crippen molar-refractivity contribution in [3.8, 4) is 0 Å². The van der Waals surface area contributed by atoms with Gasteiger partial charge >= 0.3 is 0 Å². The van der Waals surface area contributed by atoms with Crippen molar-refractivity contribution in [2.75, 3.05) is 5.32 Å². The van der Waals surface area contributed by atoms with Crippen molar-refractivity contribution in [3.05, 3.63) is 64.1 Å². The van der Waals surface area contributed by atoms with Gasteiger partial charge in [0.1, 0.15) is 11.3 Å². The number of hydrogen-bond donors (Lipinski definition) is 1. The zero-order valence-electron chi connectivity index (χ0n) is 13.4. The van der Waals surface area contributed by atoms with E-state index in [9.17, 15) is 4.79 Å². The van der Waals surface area contributed by atoms with E-state index < -0.39 is 0 Å². The van der Waals surface area contributed by atoms with Crippen molar-refractivity contribution in [2.24, 2.45) is 0 Å². The molecule has 0 aliphatic carbocycles. The Morgan fingerprint density at radius 1 is 1.30 bits per heavy atom. The summed E-state index contributed by atoms with van der Waals surface area (Å²) >= 11 is 6.12. The second-order valence-electron chi connectivity index (χ2n) is 5.56. The van der Waals surface area contributed by atoms with Crippen molar-refractivity contribution in [3.63, 3.8) is 0 Å². The van der Waals surface area contributed by atoms with E-state index in [4.69, 9.17) is 11.6 Å². The van der Waals surface area contributed by atoms with Gasteiger partial charge in [0.2, 0.25) is 0 Å². The van der Waals surface area contributed by atoms with Crippen LogP contribution in [0.4, 0.5) is 5.69 Å². The number of nitrogens with zero attached hydrogens (tertiary/aromatic N) is 2. The Kier molecular flexibility index (Phi) is 4.09. The van der Waals surface area contributed by atoms with Gasteiger partial charge in [-0.25, -0.2) is 4.98 Å². The fraction of sp³-hybridized carbons (Fsp3) is 0.222. The Labute approximate surface area is 140 Å². The van der Waals surface area contributed by atoms with Gasteiger partial charge in [0.05, 0.1) is 5.69 Å². The minimum absolute atomic E-state index is 0.177. The SMILES string of the molecule is CCc1nc2cc(C)ccn2c1C(=O)Nc1cccc(Cl)c1C. The number of benzene rings is 1. The van der Waals surface area contributed by atoms with E-state index in [1.54, 1.807) is 6.07 Å². The summed E-state index contributed by atoms with van der Waals surface area (Å²) in [5, 5.41) is 3.58. The molecule has 4 nitrogen and oxygen atoms in total. The van der Waals surface area contributed by atoms with Crippen LogP contribution in [0.25, 0.3) is 5.65 Å². The third-order valence-corrected chi connectivity index (χ3v) is 4.33. The lowest BCUT2D eigenvalue weighted by molar-refractivity contribution is 0.102. The van der Waals surface area contributed by atoms with E-state index in [1.807, 2.05) is 55.6 Å². The standard InChI is InChI=1S/C18H18ClN3O/c1-4-14-17(22-9-8-11(2)10-16(22)20-14)18(23)21-15-7-5-6-13(19)12(15)3/h5-10H,4H2,1-3H3,(H,21,23). The largest absolute Gasteiger partial charge is 0.320 e. The molecule has 1 N–H and O–H groups in total. The van der Waals surface area contributed by atoms with Crippen LogP contribution in [0.2, 0.25) is 5.02 Å². The average Bonchev–Trinajstić information content (AvgIpc) is 2.89. The molecule has 0 fully saturated rings. The Morgan fingerprint density at radius 2 is 2.09 bits per heavy atom. The van der Waals surface area contributed by atoms with Crippen molar-refractivity contribution in [2.45, 2.75) is 27.2 Å². The Hall–Kier alpha value is -2.33. The summed E-state index contributed by atoms with van der Waals surface area (Å²) in [4.78, 5) is 17.4. The first kappa shape index (κ1) is 15.6. The van der Waals surface area contributed by atoms with E-state index >= 15 is 0 Å². The summed E-state index contributed by atoms with van der Waals surface area (Å²) in [5.41, 5.74) is 4.82. The number of imidazole rings is 1. The van der Waals surface area contributed by atoms with Crippen molar-refractivity contribution in [1.82, 2.24) is 9.38 Å². The number of amides is 1. The number of aryl methyl sites for hydroxylation is 2. The number of pyridine rings is 1. The normalized spacial score (nSPS) is 11.0. The molecule has 0 radical (unpaired) electrons. The highest BCUT2D eigenvalue weighted by atomic mass is 35.5. The van der Waals surface area contributed by atoms with Crippen LogP contribution in [0.15, 0.2) is 36.5 Å². The van der Waals surface area contributed by atoms with Gasteiger partial charge in [-0.05, 0) is 55.7 Å². The second-order valence-corrected chi connectivity index (χ2v) is 5.97. The summed E-state index contributed by atoms with van der Waals surface area (Å²) < 4.78 is 1.83. The molecule has 5 heteroatoms. The van der Waals surface area contributed by atoms with Gasteiger partial charge in [0.15, 0.2) is 0 Å². The zero-order chi connectivity index (χ0) is 16.6. The van der Waals surface area contributed by atoms with Crippen molar-refractivity contribution < 1.29 is 4.79 Å². The maximum Gasteiger partial charge on any atom is 0.274 e. The molecule has 23 heavy (non-hydrogen) atoms. The van der Waals surface area contributed by atoms with Gasteiger partial charge in [-0.2, -0.15) is 0 Å². The van der Waals surface area contributed by atoms with Gasteiger partial charge in [-0.3, -0.25) is 9.20 Å². The monoisotopic (exact) mass is 327 g/mol. The number of carbonyl (C=O) groups excluding carboxylic acids is 1. The highest BCUT2D eigenvalue weighted by molar-refractivity contribution is 6.31. The first-order chi connectivity index (χ1) is 11.0. The zero-order valence-corrected chi connectivity index (χ0v) is 14.1. The fourth-order valence-corrected chi connectivity index (χ4v) is 2.78. The topological polar surface area (TPSA) is 46.4 Å². The van der Waals surface area contributed by atoms with Crippen molar-refractivity contribution >= 4 is 28.8 Å². The number of rotatable bonds is 3. The highest BCUT2D eigenvalue weighted by Crippen LogP contribution is 2.24. The lowest BCUT2D eigenvalue weighted by Crippen LogP contribution is -2.17. The molecule has 0 saturated carbocycles. The smallest absolute Gasteiger partial charge is 0.274 e. The molecule has 0 bridgehead atoms. The second kappa shape index (κ2) is 6.05. The molecule has 2 aromatic heterocycles. The van der Waals surface area contributed by atoms with Crippen LogP contribution >= 0.6 is 11.6 Å². The predicted molar refractivity (Wildman–Crippen MR) is 93.4 cm³/mol. The number of carbonyl (C=O) groups is 1. The van der Waals surface area contributed by atoms with E-state index in [0.717, 1.165) is 22.5 Å². The Bertz CT molecular complexity index is 899. The number of aromatic nitrogens is 2. The first-order valence-corrected chi connectivity index (χ1v) is 7.93. The van der Waals surface area contributed by atoms with Crippen LogP contribution in [-0.4, -0.2) is 15.3 Å². The summed E-state index contributed by atoms with van der Waals surface area (Å²) in [5.74, 6) is -0.177. The van der Waals surface area contributed by atoms with Crippen LogP contribution in [0.1, 0.15) is 34.2 Å². The van der Waals surface area contributed by atoms with Gasteiger partial charge in [0, 0.05) is 16.9 Å². The number of halogens is 1. The van der Waals surface area contributed by atoms with Crippen LogP contribution in [0.3, 0.4) is 0 Å². The molecule has 3 aromatic rings. The molecule has 1 aromatic carbocycles. The molecule has 1 amide bonds. The van der Waals surface area contributed by atoms with Gasteiger partial charge in [-0.15, -0.1) is 0 Å². The Morgan fingerprint density at radius 3 is 2.83 bits per heavy atom.